The van der Waals surface area contributed by atoms with Gasteiger partial charge >= 0.3 is 0 Å². The van der Waals surface area contributed by atoms with Crippen molar-refractivity contribution in [2.75, 3.05) is 10.6 Å². The predicted molar refractivity (Wildman–Crippen MR) is 193 cm³/mol. The quantitative estimate of drug-likeness (QED) is 0.101. The van der Waals surface area contributed by atoms with Gasteiger partial charge in [-0.1, -0.05) is 96.0 Å². The topological polar surface area (TPSA) is 87.3 Å². The number of para-hydroxylation sites is 1. The minimum atomic E-state index is -0.569. The largest absolute Gasteiger partial charge is 0.324 e. The molecule has 0 spiro atoms. The molecule has 0 bridgehead atoms. The van der Waals surface area contributed by atoms with E-state index in [4.69, 9.17) is 23.2 Å². The second-order valence-corrected chi connectivity index (χ2v) is 12.6. The Balaban J connectivity index is 1.36. The van der Waals surface area contributed by atoms with Crippen LogP contribution in [0.1, 0.15) is 37.9 Å². The summed E-state index contributed by atoms with van der Waals surface area (Å²) in [6.07, 6.45) is 1.45. The molecular formula is C38H31Cl2N3O3S. The summed E-state index contributed by atoms with van der Waals surface area (Å²) < 4.78 is 0. The lowest BCUT2D eigenvalue weighted by atomic mass is 10.1. The number of benzene rings is 5. The van der Waals surface area contributed by atoms with Crippen LogP contribution in [0.3, 0.4) is 0 Å². The smallest absolute Gasteiger partial charge is 0.272 e. The number of hydrogen-bond acceptors (Lipinski definition) is 4. The molecule has 3 amide bonds. The summed E-state index contributed by atoms with van der Waals surface area (Å²) in [7, 11) is 0. The highest BCUT2D eigenvalue weighted by molar-refractivity contribution is 8.00. The lowest BCUT2D eigenvalue weighted by Crippen LogP contribution is -2.30. The summed E-state index contributed by atoms with van der Waals surface area (Å²) in [4.78, 5) is 41.0. The third kappa shape index (κ3) is 8.71. The summed E-state index contributed by atoms with van der Waals surface area (Å²) in [5.41, 5.74) is 4.86. The second-order valence-electron chi connectivity index (χ2n) is 10.7. The number of aryl methyl sites for hydroxylation is 2. The SMILES string of the molecule is Cc1cccc(C)c1NC(=O)C(Sc1ccc(NC(=O)/C(=C/c2c(Cl)cccc2Cl)NC(=O)c2ccccc2)cc1)c1ccccc1. The minimum absolute atomic E-state index is 0.0420. The van der Waals surface area contributed by atoms with Crippen molar-refractivity contribution in [2.45, 2.75) is 24.0 Å². The Kier molecular flexibility index (Phi) is 11.2. The zero-order chi connectivity index (χ0) is 33.3. The molecule has 5 aromatic carbocycles. The van der Waals surface area contributed by atoms with Crippen LogP contribution in [0.25, 0.3) is 6.08 Å². The highest BCUT2D eigenvalue weighted by atomic mass is 35.5. The van der Waals surface area contributed by atoms with E-state index in [1.807, 2.05) is 74.5 Å². The summed E-state index contributed by atoms with van der Waals surface area (Å²) >= 11 is 14.2. The van der Waals surface area contributed by atoms with Crippen LogP contribution in [0.15, 0.2) is 132 Å². The number of hydrogen-bond donors (Lipinski definition) is 3. The van der Waals surface area contributed by atoms with E-state index in [2.05, 4.69) is 16.0 Å². The van der Waals surface area contributed by atoms with Gasteiger partial charge in [0.15, 0.2) is 0 Å². The van der Waals surface area contributed by atoms with Crippen molar-refractivity contribution in [2.24, 2.45) is 0 Å². The maximum Gasteiger partial charge on any atom is 0.272 e. The number of carbonyl (C=O) groups is 3. The van der Waals surface area contributed by atoms with Crippen LogP contribution in [-0.4, -0.2) is 17.7 Å². The van der Waals surface area contributed by atoms with E-state index in [1.165, 1.54) is 17.8 Å². The Morgan fingerprint density at radius 1 is 0.681 bits per heavy atom. The molecule has 0 saturated heterocycles. The number of anilines is 2. The van der Waals surface area contributed by atoms with Gasteiger partial charge in [-0.05, 0) is 85.1 Å². The molecule has 0 fully saturated rings. The van der Waals surface area contributed by atoms with Gasteiger partial charge in [0.2, 0.25) is 5.91 Å². The fourth-order valence-electron chi connectivity index (χ4n) is 4.79. The molecule has 9 heteroatoms. The van der Waals surface area contributed by atoms with Crippen LogP contribution in [0.2, 0.25) is 10.0 Å². The van der Waals surface area contributed by atoms with E-state index in [9.17, 15) is 14.4 Å². The molecule has 6 nitrogen and oxygen atoms in total. The highest BCUT2D eigenvalue weighted by Gasteiger charge is 2.23. The predicted octanol–water partition coefficient (Wildman–Crippen LogP) is 9.49. The minimum Gasteiger partial charge on any atom is -0.324 e. The molecule has 0 aliphatic rings. The number of rotatable bonds is 10. The van der Waals surface area contributed by atoms with Crippen molar-refractivity contribution >= 4 is 70.1 Å². The van der Waals surface area contributed by atoms with Crippen molar-refractivity contribution < 1.29 is 14.4 Å². The van der Waals surface area contributed by atoms with Gasteiger partial charge in [0.05, 0.1) is 0 Å². The van der Waals surface area contributed by atoms with Gasteiger partial charge in [-0.3, -0.25) is 14.4 Å². The monoisotopic (exact) mass is 679 g/mol. The lowest BCUT2D eigenvalue weighted by molar-refractivity contribution is -0.116. The third-order valence-electron chi connectivity index (χ3n) is 7.25. The second kappa shape index (κ2) is 15.6. The van der Waals surface area contributed by atoms with Crippen LogP contribution in [-0.2, 0) is 9.59 Å². The van der Waals surface area contributed by atoms with E-state index in [0.29, 0.717) is 26.9 Å². The number of thioether (sulfide) groups is 1. The van der Waals surface area contributed by atoms with Gasteiger partial charge in [-0.15, -0.1) is 11.8 Å². The summed E-state index contributed by atoms with van der Waals surface area (Å²) in [5.74, 6) is -1.17. The van der Waals surface area contributed by atoms with Crippen LogP contribution in [0.4, 0.5) is 11.4 Å². The first-order valence-corrected chi connectivity index (χ1v) is 16.4. The normalized spacial score (nSPS) is 11.8. The van der Waals surface area contributed by atoms with Crippen molar-refractivity contribution in [3.05, 3.63) is 165 Å². The number of amides is 3. The molecular weight excluding hydrogens is 649 g/mol. The van der Waals surface area contributed by atoms with Crippen molar-refractivity contribution in [3.63, 3.8) is 0 Å². The first-order chi connectivity index (χ1) is 22.7. The van der Waals surface area contributed by atoms with Crippen LogP contribution in [0, 0.1) is 13.8 Å². The Morgan fingerprint density at radius 3 is 1.87 bits per heavy atom. The van der Waals surface area contributed by atoms with Gasteiger partial charge in [0.25, 0.3) is 11.8 Å². The molecule has 5 aromatic rings. The zero-order valence-electron chi connectivity index (χ0n) is 25.6. The van der Waals surface area contributed by atoms with Gasteiger partial charge in [0, 0.05) is 37.4 Å². The molecule has 1 unspecified atom stereocenters. The first-order valence-electron chi connectivity index (χ1n) is 14.7. The Bertz CT molecular complexity index is 1890. The van der Waals surface area contributed by atoms with Crippen molar-refractivity contribution in [1.29, 1.82) is 0 Å². The fraction of sp³-hybridized carbons (Fsp3) is 0.0789. The molecule has 0 aliphatic heterocycles. The maximum atomic E-state index is 13.6. The first kappa shape index (κ1) is 33.5. The number of halogens is 2. The molecule has 0 saturated carbocycles. The van der Waals surface area contributed by atoms with Gasteiger partial charge in [-0.2, -0.15) is 0 Å². The number of carbonyl (C=O) groups excluding carboxylic acids is 3. The van der Waals surface area contributed by atoms with E-state index in [0.717, 1.165) is 27.3 Å². The average Bonchev–Trinajstić information content (AvgIpc) is 3.08. The standard InChI is InChI=1S/C38H31Cl2N3O3S/c1-24-11-9-12-25(2)34(24)43-38(46)35(26-13-5-3-6-14-26)47-29-21-19-28(20-22-29)41-37(45)33(23-30-31(39)17-10-18-32(30)40)42-36(44)27-15-7-4-8-16-27/h3-23,35H,1-2H3,(H,41,45)(H,42,44)(H,43,46)/b33-23-. The molecule has 47 heavy (non-hydrogen) atoms. The molecule has 0 aromatic heterocycles. The fourth-order valence-corrected chi connectivity index (χ4v) is 6.32. The zero-order valence-corrected chi connectivity index (χ0v) is 27.9. The summed E-state index contributed by atoms with van der Waals surface area (Å²) in [5, 5.41) is 8.79. The summed E-state index contributed by atoms with van der Waals surface area (Å²) in [6.45, 7) is 3.94. The highest BCUT2D eigenvalue weighted by Crippen LogP contribution is 2.37. The van der Waals surface area contributed by atoms with Gasteiger partial charge in [0.1, 0.15) is 10.9 Å². The van der Waals surface area contributed by atoms with Gasteiger partial charge in [-0.25, -0.2) is 0 Å². The van der Waals surface area contributed by atoms with Crippen molar-refractivity contribution in [1.82, 2.24) is 5.32 Å². The molecule has 0 heterocycles. The molecule has 0 radical (unpaired) electrons. The summed E-state index contributed by atoms with van der Waals surface area (Å²) in [6, 6.07) is 36.2. The number of nitrogens with one attached hydrogen (secondary N) is 3. The Labute approximate surface area is 288 Å². The van der Waals surface area contributed by atoms with Crippen molar-refractivity contribution in [3.8, 4) is 0 Å². The van der Waals surface area contributed by atoms with Crippen LogP contribution in [0.5, 0.6) is 0 Å². The molecule has 0 aliphatic carbocycles. The molecule has 3 N–H and O–H groups in total. The van der Waals surface area contributed by atoms with Crippen LogP contribution < -0.4 is 16.0 Å². The Hall–Kier alpha value is -4.82. The van der Waals surface area contributed by atoms with Gasteiger partial charge < -0.3 is 16.0 Å². The average molecular weight is 681 g/mol. The van der Waals surface area contributed by atoms with E-state index >= 15 is 0 Å². The molecule has 1 atom stereocenters. The molecule has 236 valence electrons. The third-order valence-corrected chi connectivity index (χ3v) is 9.18. The lowest BCUT2D eigenvalue weighted by Gasteiger charge is -2.19. The van der Waals surface area contributed by atoms with E-state index in [1.54, 1.807) is 60.7 Å². The van der Waals surface area contributed by atoms with Crippen LogP contribution >= 0.6 is 35.0 Å². The maximum absolute atomic E-state index is 13.6. The Morgan fingerprint density at radius 2 is 1.26 bits per heavy atom. The molecule has 5 rings (SSSR count). The van der Waals surface area contributed by atoms with E-state index < -0.39 is 17.1 Å². The van der Waals surface area contributed by atoms with E-state index in [-0.39, 0.29) is 11.6 Å².